The zero-order valence-electron chi connectivity index (χ0n) is 13.1. The van der Waals surface area contributed by atoms with Crippen molar-refractivity contribution in [2.24, 2.45) is 12.0 Å². The molecule has 4 rings (SSSR count). The van der Waals surface area contributed by atoms with Gasteiger partial charge in [0.1, 0.15) is 5.82 Å². The highest BCUT2D eigenvalue weighted by Crippen LogP contribution is 2.28. The van der Waals surface area contributed by atoms with Crippen LogP contribution in [0.3, 0.4) is 0 Å². The molecule has 1 aliphatic carbocycles. The van der Waals surface area contributed by atoms with Gasteiger partial charge in [-0.1, -0.05) is 0 Å². The van der Waals surface area contributed by atoms with Gasteiger partial charge in [0.15, 0.2) is 10.5 Å². The van der Waals surface area contributed by atoms with Gasteiger partial charge in [-0.2, -0.15) is 10.1 Å². The Balaban J connectivity index is 1.80. The number of rotatable bonds is 2. The number of amides is 1. The number of fused-ring (bicyclic) bond motifs is 1. The first-order valence-electron chi connectivity index (χ1n) is 7.69. The second kappa shape index (κ2) is 5.83. The molecule has 0 N–H and O–H groups in total. The highest BCUT2D eigenvalue weighted by molar-refractivity contribution is 7.07. The fourth-order valence-electron chi connectivity index (χ4n) is 2.98. The lowest BCUT2D eigenvalue weighted by Crippen LogP contribution is -2.13. The van der Waals surface area contributed by atoms with Crippen LogP contribution in [0.25, 0.3) is 5.69 Å². The average molecular weight is 342 g/mol. The molecule has 1 aromatic carbocycles. The van der Waals surface area contributed by atoms with E-state index in [0.29, 0.717) is 10.5 Å². The molecule has 1 amide bonds. The topological polar surface area (TPSA) is 52.2 Å². The number of halogens is 1. The minimum Gasteiger partial charge on any atom is -0.327 e. The second-order valence-corrected chi connectivity index (χ2v) is 6.60. The van der Waals surface area contributed by atoms with Crippen molar-refractivity contribution in [2.75, 3.05) is 0 Å². The van der Waals surface area contributed by atoms with E-state index in [1.54, 1.807) is 21.4 Å². The zero-order chi connectivity index (χ0) is 16.7. The fraction of sp³-hybridized carbons (Fsp3) is 0.235. The summed E-state index contributed by atoms with van der Waals surface area (Å²) < 4.78 is 16.7. The molecular weight excluding hydrogens is 327 g/mol. The van der Waals surface area contributed by atoms with Crippen LogP contribution >= 0.6 is 11.3 Å². The van der Waals surface area contributed by atoms with Crippen molar-refractivity contribution in [3.63, 3.8) is 0 Å². The third-order valence-electron chi connectivity index (χ3n) is 4.16. The second-order valence-electron chi connectivity index (χ2n) is 5.73. The SMILES string of the molecule is Cn1ccsc1=NC(=O)c1nn(-c2ccc(F)cc2)c2c1CCC2. The number of carbonyl (C=O) groups is 1. The summed E-state index contributed by atoms with van der Waals surface area (Å²) in [5.74, 6) is -0.619. The maximum absolute atomic E-state index is 13.2. The molecule has 122 valence electrons. The van der Waals surface area contributed by atoms with Gasteiger partial charge in [0.2, 0.25) is 0 Å². The Hall–Kier alpha value is -2.54. The van der Waals surface area contributed by atoms with E-state index < -0.39 is 0 Å². The summed E-state index contributed by atoms with van der Waals surface area (Å²) in [4.78, 5) is 17.4. The maximum atomic E-state index is 13.2. The van der Waals surface area contributed by atoms with Crippen molar-refractivity contribution >= 4 is 17.2 Å². The van der Waals surface area contributed by atoms with Crippen LogP contribution in [0.2, 0.25) is 0 Å². The Bertz CT molecular complexity index is 981. The molecule has 2 heterocycles. The van der Waals surface area contributed by atoms with Crippen LogP contribution in [0.15, 0.2) is 40.8 Å². The fourth-order valence-corrected chi connectivity index (χ4v) is 3.71. The molecule has 0 saturated heterocycles. The highest BCUT2D eigenvalue weighted by atomic mass is 32.1. The molecule has 0 fully saturated rings. The van der Waals surface area contributed by atoms with Crippen LogP contribution in [-0.2, 0) is 19.9 Å². The largest absolute Gasteiger partial charge is 0.327 e. The van der Waals surface area contributed by atoms with E-state index in [1.165, 1.54) is 23.5 Å². The zero-order valence-corrected chi connectivity index (χ0v) is 13.9. The monoisotopic (exact) mass is 342 g/mol. The molecule has 5 nitrogen and oxygen atoms in total. The predicted octanol–water partition coefficient (Wildman–Crippen LogP) is 2.64. The summed E-state index contributed by atoms with van der Waals surface area (Å²) in [6, 6.07) is 6.14. The highest BCUT2D eigenvalue weighted by Gasteiger charge is 2.26. The molecular formula is C17H15FN4OS. The van der Waals surface area contributed by atoms with Gasteiger partial charge in [0.25, 0.3) is 5.91 Å². The number of hydrogen-bond acceptors (Lipinski definition) is 3. The van der Waals surface area contributed by atoms with Crippen LogP contribution in [0.1, 0.15) is 28.2 Å². The normalized spacial score (nSPS) is 14.2. The third-order valence-corrected chi connectivity index (χ3v) is 5.01. The molecule has 3 aromatic rings. The van der Waals surface area contributed by atoms with E-state index in [9.17, 15) is 9.18 Å². The molecule has 0 radical (unpaired) electrons. The summed E-state index contributed by atoms with van der Waals surface area (Å²) >= 11 is 1.41. The quantitative estimate of drug-likeness (QED) is 0.719. The van der Waals surface area contributed by atoms with Crippen LogP contribution in [-0.4, -0.2) is 20.3 Å². The van der Waals surface area contributed by atoms with E-state index in [0.717, 1.165) is 36.2 Å². The molecule has 24 heavy (non-hydrogen) atoms. The maximum Gasteiger partial charge on any atom is 0.300 e. The van der Waals surface area contributed by atoms with Gasteiger partial charge in [-0.05, 0) is 43.5 Å². The van der Waals surface area contributed by atoms with Crippen molar-refractivity contribution < 1.29 is 9.18 Å². The van der Waals surface area contributed by atoms with Crippen molar-refractivity contribution in [1.82, 2.24) is 14.3 Å². The van der Waals surface area contributed by atoms with Gasteiger partial charge < -0.3 is 4.57 Å². The number of aromatic nitrogens is 3. The van der Waals surface area contributed by atoms with Gasteiger partial charge in [0, 0.05) is 29.9 Å². The van der Waals surface area contributed by atoms with E-state index in [4.69, 9.17) is 0 Å². The summed E-state index contributed by atoms with van der Waals surface area (Å²) in [6.07, 6.45) is 4.53. The van der Waals surface area contributed by atoms with E-state index in [1.807, 2.05) is 18.6 Å². The summed E-state index contributed by atoms with van der Waals surface area (Å²) in [5, 5.41) is 6.37. The Labute approximate surface area is 141 Å². The number of nitrogens with zero attached hydrogens (tertiary/aromatic N) is 4. The Morgan fingerprint density at radius 3 is 2.79 bits per heavy atom. The van der Waals surface area contributed by atoms with Crippen LogP contribution in [0, 0.1) is 5.82 Å². The lowest BCUT2D eigenvalue weighted by Gasteiger charge is -2.04. The van der Waals surface area contributed by atoms with Gasteiger partial charge in [0.05, 0.1) is 5.69 Å². The Kier molecular flexibility index (Phi) is 3.65. The van der Waals surface area contributed by atoms with Gasteiger partial charge in [-0.25, -0.2) is 9.07 Å². The number of aryl methyl sites for hydroxylation is 1. The van der Waals surface area contributed by atoms with E-state index in [2.05, 4.69) is 10.1 Å². The molecule has 1 aliphatic rings. The average Bonchev–Trinajstić information content (AvgIpc) is 3.26. The van der Waals surface area contributed by atoms with Crippen molar-refractivity contribution in [3.8, 4) is 5.69 Å². The number of hydrogen-bond donors (Lipinski definition) is 0. The van der Waals surface area contributed by atoms with Gasteiger partial charge >= 0.3 is 0 Å². The lowest BCUT2D eigenvalue weighted by atomic mass is 10.2. The van der Waals surface area contributed by atoms with Crippen LogP contribution in [0.4, 0.5) is 4.39 Å². The number of benzene rings is 1. The van der Waals surface area contributed by atoms with Crippen LogP contribution in [0.5, 0.6) is 0 Å². The molecule has 0 bridgehead atoms. The lowest BCUT2D eigenvalue weighted by molar-refractivity contribution is 0.0992. The van der Waals surface area contributed by atoms with Crippen LogP contribution < -0.4 is 4.80 Å². The van der Waals surface area contributed by atoms with Crippen molar-refractivity contribution in [2.45, 2.75) is 19.3 Å². The number of carbonyl (C=O) groups excluding carboxylic acids is 1. The van der Waals surface area contributed by atoms with E-state index >= 15 is 0 Å². The van der Waals surface area contributed by atoms with Gasteiger partial charge in [-0.15, -0.1) is 11.3 Å². The van der Waals surface area contributed by atoms with Crippen molar-refractivity contribution in [3.05, 3.63) is 63.4 Å². The number of thiazole rings is 1. The Morgan fingerprint density at radius 2 is 2.08 bits per heavy atom. The first-order valence-corrected chi connectivity index (χ1v) is 8.57. The standard InChI is InChI=1S/C17H15FN4OS/c1-21-9-10-24-17(21)19-16(23)15-13-3-2-4-14(13)22(20-15)12-7-5-11(18)6-8-12/h5-10H,2-4H2,1H3. The first-order chi connectivity index (χ1) is 11.6. The summed E-state index contributed by atoms with van der Waals surface area (Å²) in [6.45, 7) is 0. The summed E-state index contributed by atoms with van der Waals surface area (Å²) in [7, 11) is 1.85. The smallest absolute Gasteiger partial charge is 0.300 e. The summed E-state index contributed by atoms with van der Waals surface area (Å²) in [5.41, 5.74) is 3.15. The van der Waals surface area contributed by atoms with Gasteiger partial charge in [-0.3, -0.25) is 4.79 Å². The minimum atomic E-state index is -0.327. The first kappa shape index (κ1) is 15.0. The molecule has 0 spiro atoms. The molecule has 0 saturated carbocycles. The molecule has 0 atom stereocenters. The molecule has 2 aromatic heterocycles. The molecule has 0 aliphatic heterocycles. The van der Waals surface area contributed by atoms with Crippen molar-refractivity contribution in [1.29, 1.82) is 0 Å². The third kappa shape index (κ3) is 2.50. The Morgan fingerprint density at radius 1 is 1.29 bits per heavy atom. The predicted molar refractivity (Wildman–Crippen MR) is 88.7 cm³/mol. The molecule has 7 heteroatoms. The molecule has 0 unspecified atom stereocenters. The minimum absolute atomic E-state index is 0.293. The van der Waals surface area contributed by atoms with E-state index in [-0.39, 0.29) is 11.7 Å².